The average molecular weight is 141 g/mol. The Kier molecular flexibility index (Phi) is 5.27. The molecule has 0 heterocycles. The molecule has 0 fully saturated rings. The van der Waals surface area contributed by atoms with Crippen LogP contribution in [0.15, 0.2) is 4.99 Å². The highest BCUT2D eigenvalue weighted by atomic mass is 14.7. The number of nitrogens with zero attached hydrogens (tertiary/aromatic N) is 1. The Balaban J connectivity index is 3.46. The van der Waals surface area contributed by atoms with Crippen LogP contribution in [0, 0.1) is 5.92 Å². The number of hydrogen-bond acceptors (Lipinski definition) is 1. The van der Waals surface area contributed by atoms with E-state index in [1.807, 2.05) is 13.1 Å². The lowest BCUT2D eigenvalue weighted by atomic mass is 10.0. The molecule has 0 aliphatic heterocycles. The van der Waals surface area contributed by atoms with Gasteiger partial charge in [-0.3, -0.25) is 4.99 Å². The molecule has 10 heavy (non-hydrogen) atoms. The third kappa shape index (κ3) is 4.54. The molecule has 0 saturated carbocycles. The summed E-state index contributed by atoms with van der Waals surface area (Å²) in [6.45, 7) is 8.66. The molecule has 0 aliphatic carbocycles. The maximum atomic E-state index is 4.29. The van der Waals surface area contributed by atoms with E-state index in [2.05, 4.69) is 25.8 Å². The highest BCUT2D eigenvalue weighted by Gasteiger charge is 2.03. The van der Waals surface area contributed by atoms with Crippen molar-refractivity contribution in [3.8, 4) is 0 Å². The Morgan fingerprint density at radius 2 is 2.00 bits per heavy atom. The van der Waals surface area contributed by atoms with E-state index in [1.54, 1.807) is 0 Å². The fraction of sp³-hybridized carbons (Fsp3) is 0.889. The molecule has 2 atom stereocenters. The highest BCUT2D eigenvalue weighted by Crippen LogP contribution is 2.11. The molecule has 60 valence electrons. The van der Waals surface area contributed by atoms with Gasteiger partial charge in [0.1, 0.15) is 0 Å². The van der Waals surface area contributed by atoms with Crippen LogP contribution in [0.3, 0.4) is 0 Å². The van der Waals surface area contributed by atoms with Crippen LogP contribution in [0.2, 0.25) is 0 Å². The van der Waals surface area contributed by atoms with Gasteiger partial charge in [0.25, 0.3) is 0 Å². The molecular weight excluding hydrogens is 122 g/mol. The second kappa shape index (κ2) is 5.45. The lowest BCUT2D eigenvalue weighted by Gasteiger charge is -2.10. The van der Waals surface area contributed by atoms with Gasteiger partial charge in [0.15, 0.2) is 0 Å². The summed E-state index contributed by atoms with van der Waals surface area (Å²) < 4.78 is 0. The fourth-order valence-corrected chi connectivity index (χ4v) is 1.06. The summed E-state index contributed by atoms with van der Waals surface area (Å²) in [6, 6.07) is 0.514. The average Bonchev–Trinajstić information content (AvgIpc) is 1.88. The van der Waals surface area contributed by atoms with E-state index < -0.39 is 0 Å². The standard InChI is InChI=1S/C9H19N/c1-5-8(3)7-9(4)10-6-2/h6,8-9H,5,7H2,1-4H3. The molecule has 0 aliphatic rings. The molecule has 0 rings (SSSR count). The lowest BCUT2D eigenvalue weighted by molar-refractivity contribution is 0.471. The molecule has 0 bridgehead atoms. The van der Waals surface area contributed by atoms with Crippen molar-refractivity contribution in [1.82, 2.24) is 0 Å². The molecule has 2 unspecified atom stereocenters. The van der Waals surface area contributed by atoms with Crippen LogP contribution in [0.5, 0.6) is 0 Å². The largest absolute Gasteiger partial charge is 0.295 e. The minimum absolute atomic E-state index is 0.514. The van der Waals surface area contributed by atoms with E-state index in [-0.39, 0.29) is 0 Å². The summed E-state index contributed by atoms with van der Waals surface area (Å²) in [5.41, 5.74) is 0. The summed E-state index contributed by atoms with van der Waals surface area (Å²) in [7, 11) is 0. The van der Waals surface area contributed by atoms with Crippen LogP contribution in [0.4, 0.5) is 0 Å². The number of rotatable bonds is 4. The Hall–Kier alpha value is -0.330. The fourth-order valence-electron chi connectivity index (χ4n) is 1.06. The Morgan fingerprint density at radius 3 is 2.40 bits per heavy atom. The summed E-state index contributed by atoms with van der Waals surface area (Å²) in [4.78, 5) is 4.29. The SMILES string of the molecule is CC=NC(C)CC(C)CC. The van der Waals surface area contributed by atoms with E-state index in [0.717, 1.165) is 5.92 Å². The summed E-state index contributed by atoms with van der Waals surface area (Å²) in [5.74, 6) is 0.818. The molecular formula is C9H19N. The number of hydrogen-bond donors (Lipinski definition) is 0. The number of aliphatic imine (C=N–C) groups is 1. The molecule has 0 aromatic rings. The van der Waals surface area contributed by atoms with E-state index >= 15 is 0 Å². The Morgan fingerprint density at radius 1 is 1.40 bits per heavy atom. The molecule has 0 spiro atoms. The van der Waals surface area contributed by atoms with Gasteiger partial charge in [-0.1, -0.05) is 20.3 Å². The summed E-state index contributed by atoms with van der Waals surface area (Å²) in [6.07, 6.45) is 4.39. The van der Waals surface area contributed by atoms with Gasteiger partial charge < -0.3 is 0 Å². The van der Waals surface area contributed by atoms with Crippen LogP contribution in [0.25, 0.3) is 0 Å². The molecule has 0 amide bonds. The van der Waals surface area contributed by atoms with Crippen molar-refractivity contribution in [3.63, 3.8) is 0 Å². The minimum atomic E-state index is 0.514. The predicted molar refractivity (Wildman–Crippen MR) is 47.7 cm³/mol. The molecule has 0 saturated heterocycles. The molecule has 1 heteroatoms. The normalized spacial score (nSPS) is 17.6. The first-order chi connectivity index (χ1) is 4.70. The molecule has 0 aromatic heterocycles. The van der Waals surface area contributed by atoms with Crippen LogP contribution in [0.1, 0.15) is 40.5 Å². The van der Waals surface area contributed by atoms with E-state index in [1.165, 1.54) is 12.8 Å². The quantitative estimate of drug-likeness (QED) is 0.534. The van der Waals surface area contributed by atoms with Gasteiger partial charge in [-0.25, -0.2) is 0 Å². The Bertz CT molecular complexity index is 96.9. The molecule has 0 aromatic carbocycles. The van der Waals surface area contributed by atoms with Crippen LogP contribution in [-0.2, 0) is 0 Å². The lowest BCUT2D eigenvalue weighted by Crippen LogP contribution is -2.04. The highest BCUT2D eigenvalue weighted by molar-refractivity contribution is 5.53. The van der Waals surface area contributed by atoms with Crippen molar-refractivity contribution in [3.05, 3.63) is 0 Å². The first-order valence-corrected chi connectivity index (χ1v) is 4.18. The molecule has 1 nitrogen and oxygen atoms in total. The summed E-state index contributed by atoms with van der Waals surface area (Å²) in [5, 5.41) is 0. The zero-order valence-electron chi connectivity index (χ0n) is 7.59. The first kappa shape index (κ1) is 9.67. The maximum Gasteiger partial charge on any atom is 0.0469 e. The van der Waals surface area contributed by atoms with E-state index in [9.17, 15) is 0 Å². The van der Waals surface area contributed by atoms with Crippen LogP contribution in [-0.4, -0.2) is 12.3 Å². The van der Waals surface area contributed by atoms with Crippen molar-refractivity contribution < 1.29 is 0 Å². The first-order valence-electron chi connectivity index (χ1n) is 4.18. The predicted octanol–water partition coefficient (Wildman–Crippen LogP) is 2.90. The Labute approximate surface area is 64.6 Å². The van der Waals surface area contributed by atoms with Crippen molar-refractivity contribution in [2.45, 2.75) is 46.6 Å². The van der Waals surface area contributed by atoms with E-state index in [4.69, 9.17) is 0 Å². The smallest absolute Gasteiger partial charge is 0.0469 e. The van der Waals surface area contributed by atoms with Crippen molar-refractivity contribution >= 4 is 6.21 Å². The van der Waals surface area contributed by atoms with Gasteiger partial charge in [0.05, 0.1) is 0 Å². The monoisotopic (exact) mass is 141 g/mol. The van der Waals surface area contributed by atoms with E-state index in [0.29, 0.717) is 6.04 Å². The summed E-state index contributed by atoms with van der Waals surface area (Å²) >= 11 is 0. The molecule has 0 radical (unpaired) electrons. The second-order valence-corrected chi connectivity index (χ2v) is 3.01. The third-order valence-electron chi connectivity index (χ3n) is 1.84. The van der Waals surface area contributed by atoms with Crippen molar-refractivity contribution in [2.24, 2.45) is 10.9 Å². The maximum absolute atomic E-state index is 4.29. The van der Waals surface area contributed by atoms with Crippen LogP contribution >= 0.6 is 0 Å². The zero-order chi connectivity index (χ0) is 7.98. The second-order valence-electron chi connectivity index (χ2n) is 3.01. The van der Waals surface area contributed by atoms with Gasteiger partial charge in [-0.2, -0.15) is 0 Å². The van der Waals surface area contributed by atoms with Gasteiger partial charge in [0, 0.05) is 6.04 Å². The van der Waals surface area contributed by atoms with Crippen molar-refractivity contribution in [2.75, 3.05) is 0 Å². The van der Waals surface area contributed by atoms with Crippen LogP contribution < -0.4 is 0 Å². The minimum Gasteiger partial charge on any atom is -0.295 e. The zero-order valence-corrected chi connectivity index (χ0v) is 7.59. The van der Waals surface area contributed by atoms with Gasteiger partial charge in [0.2, 0.25) is 0 Å². The topological polar surface area (TPSA) is 12.4 Å². The third-order valence-corrected chi connectivity index (χ3v) is 1.84. The van der Waals surface area contributed by atoms with Gasteiger partial charge in [-0.05, 0) is 32.4 Å². The van der Waals surface area contributed by atoms with Crippen molar-refractivity contribution in [1.29, 1.82) is 0 Å². The van der Waals surface area contributed by atoms with Gasteiger partial charge >= 0.3 is 0 Å². The molecule has 0 N–H and O–H groups in total. The van der Waals surface area contributed by atoms with Gasteiger partial charge in [-0.15, -0.1) is 0 Å².